The fourth-order valence-electron chi connectivity index (χ4n) is 2.03. The molecule has 2 rings (SSSR count). The van der Waals surface area contributed by atoms with E-state index in [1.165, 1.54) is 12.8 Å². The van der Waals surface area contributed by atoms with Gasteiger partial charge in [-0.2, -0.15) is 0 Å². The highest BCUT2D eigenvalue weighted by molar-refractivity contribution is 9.08. The number of benzene rings is 1. The van der Waals surface area contributed by atoms with Crippen LogP contribution < -0.4 is 4.90 Å². The molecule has 0 aromatic heterocycles. The molecule has 3 heteroatoms. The largest absolute Gasteiger partial charge is 0.366 e. The van der Waals surface area contributed by atoms with Crippen LogP contribution >= 0.6 is 15.9 Å². The first-order valence-corrected chi connectivity index (χ1v) is 7.35. The summed E-state index contributed by atoms with van der Waals surface area (Å²) in [5, 5.41) is 0.703. The first-order valence-electron chi connectivity index (χ1n) is 6.23. The molecule has 0 N–H and O–H groups in total. The maximum absolute atomic E-state index is 14.1. The zero-order chi connectivity index (χ0) is 12.4. The summed E-state index contributed by atoms with van der Waals surface area (Å²) in [6, 6.07) is 5.88. The maximum atomic E-state index is 14.1. The van der Waals surface area contributed by atoms with Gasteiger partial charge in [0.15, 0.2) is 0 Å². The fraction of sp³-hybridized carbons (Fsp3) is 0.571. The third kappa shape index (κ3) is 3.21. The van der Waals surface area contributed by atoms with Crippen LogP contribution in [0, 0.1) is 11.7 Å². The van der Waals surface area contributed by atoms with Crippen LogP contribution in [0.15, 0.2) is 18.2 Å². The van der Waals surface area contributed by atoms with E-state index in [4.69, 9.17) is 0 Å². The van der Waals surface area contributed by atoms with E-state index in [9.17, 15) is 4.39 Å². The van der Waals surface area contributed by atoms with Gasteiger partial charge in [0.25, 0.3) is 0 Å². The minimum Gasteiger partial charge on any atom is -0.366 e. The molecule has 0 spiro atoms. The molecule has 0 radical (unpaired) electrons. The highest BCUT2D eigenvalue weighted by Crippen LogP contribution is 2.33. The quantitative estimate of drug-likeness (QED) is 0.731. The normalized spacial score (nSPS) is 15.4. The van der Waals surface area contributed by atoms with Gasteiger partial charge in [-0.3, -0.25) is 0 Å². The van der Waals surface area contributed by atoms with Gasteiger partial charge in [0.05, 0.1) is 5.69 Å². The predicted molar refractivity (Wildman–Crippen MR) is 74.2 cm³/mol. The molecular formula is C14H19BrFN. The molecule has 0 unspecified atom stereocenters. The van der Waals surface area contributed by atoms with Crippen LogP contribution in [0.3, 0.4) is 0 Å². The number of rotatable bonds is 5. The SMILES string of the molecule is CC(C)N(CC1CC1)c1ccc(CBr)cc1F. The molecule has 0 amide bonds. The molecule has 0 heterocycles. The molecule has 17 heavy (non-hydrogen) atoms. The van der Waals surface area contributed by atoms with E-state index in [1.54, 1.807) is 6.07 Å². The average molecular weight is 300 g/mol. The molecule has 0 bridgehead atoms. The van der Waals surface area contributed by atoms with Crippen LogP contribution in [0.25, 0.3) is 0 Å². The topological polar surface area (TPSA) is 3.24 Å². The summed E-state index contributed by atoms with van der Waals surface area (Å²) >= 11 is 3.35. The van der Waals surface area contributed by atoms with Gasteiger partial charge < -0.3 is 4.90 Å². The third-order valence-electron chi connectivity index (χ3n) is 3.25. The summed E-state index contributed by atoms with van der Waals surface area (Å²) in [7, 11) is 0. The molecule has 1 aromatic rings. The Morgan fingerprint density at radius 2 is 2.12 bits per heavy atom. The second kappa shape index (κ2) is 5.38. The Bertz CT molecular complexity index is 388. The Balaban J connectivity index is 2.21. The van der Waals surface area contributed by atoms with Crippen molar-refractivity contribution in [3.05, 3.63) is 29.6 Å². The molecule has 1 saturated carbocycles. The van der Waals surface area contributed by atoms with Crippen molar-refractivity contribution in [1.82, 2.24) is 0 Å². The van der Waals surface area contributed by atoms with Gasteiger partial charge in [-0.05, 0) is 50.3 Å². The second-order valence-electron chi connectivity index (χ2n) is 5.11. The number of anilines is 1. The van der Waals surface area contributed by atoms with Crippen LogP contribution in [0.2, 0.25) is 0 Å². The predicted octanol–water partition coefficient (Wildman–Crippen LogP) is 4.35. The lowest BCUT2D eigenvalue weighted by atomic mass is 10.1. The number of alkyl halides is 1. The molecule has 94 valence electrons. The smallest absolute Gasteiger partial charge is 0.146 e. The van der Waals surface area contributed by atoms with Crippen molar-refractivity contribution in [2.45, 2.75) is 38.1 Å². The van der Waals surface area contributed by atoms with Gasteiger partial charge in [-0.1, -0.05) is 22.0 Å². The number of halogens is 2. The zero-order valence-electron chi connectivity index (χ0n) is 10.4. The lowest BCUT2D eigenvalue weighted by Gasteiger charge is -2.29. The summed E-state index contributed by atoms with van der Waals surface area (Å²) in [6.45, 7) is 5.24. The van der Waals surface area contributed by atoms with Gasteiger partial charge >= 0.3 is 0 Å². The first kappa shape index (κ1) is 12.9. The standard InChI is InChI=1S/C14H19BrFN/c1-10(2)17(9-11-3-4-11)14-6-5-12(8-15)7-13(14)16/h5-7,10-11H,3-4,8-9H2,1-2H3. The first-order chi connectivity index (χ1) is 8.11. The van der Waals surface area contributed by atoms with Crippen LogP contribution in [-0.2, 0) is 5.33 Å². The van der Waals surface area contributed by atoms with E-state index in [0.29, 0.717) is 11.4 Å². The van der Waals surface area contributed by atoms with Crippen molar-refractivity contribution in [3.63, 3.8) is 0 Å². The molecule has 0 saturated heterocycles. The fourth-order valence-corrected chi connectivity index (χ4v) is 2.38. The van der Waals surface area contributed by atoms with E-state index in [1.807, 2.05) is 12.1 Å². The molecule has 1 aliphatic carbocycles. The molecule has 0 aliphatic heterocycles. The summed E-state index contributed by atoms with van der Waals surface area (Å²) < 4.78 is 14.1. The monoisotopic (exact) mass is 299 g/mol. The molecule has 0 atom stereocenters. The third-order valence-corrected chi connectivity index (χ3v) is 3.90. The average Bonchev–Trinajstić information content (AvgIpc) is 3.10. The Labute approximate surface area is 111 Å². The Kier molecular flexibility index (Phi) is 4.08. The maximum Gasteiger partial charge on any atom is 0.146 e. The number of nitrogens with zero attached hydrogens (tertiary/aromatic N) is 1. The van der Waals surface area contributed by atoms with E-state index >= 15 is 0 Å². The van der Waals surface area contributed by atoms with Gasteiger partial charge in [0.1, 0.15) is 5.82 Å². The van der Waals surface area contributed by atoms with Crippen molar-refractivity contribution in [3.8, 4) is 0 Å². The van der Waals surface area contributed by atoms with E-state index in [0.717, 1.165) is 23.7 Å². The van der Waals surface area contributed by atoms with Crippen molar-refractivity contribution in [1.29, 1.82) is 0 Å². The molecule has 1 fully saturated rings. The Hall–Kier alpha value is -0.570. The van der Waals surface area contributed by atoms with E-state index < -0.39 is 0 Å². The minimum absolute atomic E-state index is 0.101. The Morgan fingerprint density at radius 3 is 2.59 bits per heavy atom. The molecule has 1 aromatic carbocycles. The van der Waals surface area contributed by atoms with E-state index in [2.05, 4.69) is 34.7 Å². The zero-order valence-corrected chi connectivity index (χ0v) is 12.0. The highest BCUT2D eigenvalue weighted by atomic mass is 79.9. The highest BCUT2D eigenvalue weighted by Gasteiger charge is 2.26. The lowest BCUT2D eigenvalue weighted by molar-refractivity contribution is 0.587. The summed E-state index contributed by atoms with van der Waals surface area (Å²) in [4.78, 5) is 2.19. The van der Waals surface area contributed by atoms with Crippen molar-refractivity contribution in [2.24, 2.45) is 5.92 Å². The summed E-state index contributed by atoms with van der Waals surface area (Å²) in [5.74, 6) is 0.670. The van der Waals surface area contributed by atoms with Gasteiger partial charge in [0, 0.05) is 17.9 Å². The number of hydrogen-bond acceptors (Lipinski definition) is 1. The van der Waals surface area contributed by atoms with Crippen molar-refractivity contribution in [2.75, 3.05) is 11.4 Å². The molecule has 1 nitrogen and oxygen atoms in total. The van der Waals surface area contributed by atoms with Gasteiger partial charge in [-0.15, -0.1) is 0 Å². The molecule has 1 aliphatic rings. The van der Waals surface area contributed by atoms with E-state index in [-0.39, 0.29) is 5.82 Å². The van der Waals surface area contributed by atoms with Crippen LogP contribution in [-0.4, -0.2) is 12.6 Å². The van der Waals surface area contributed by atoms with Crippen LogP contribution in [0.4, 0.5) is 10.1 Å². The van der Waals surface area contributed by atoms with Crippen LogP contribution in [0.1, 0.15) is 32.3 Å². The van der Waals surface area contributed by atoms with Crippen molar-refractivity contribution >= 4 is 21.6 Å². The minimum atomic E-state index is -0.101. The Morgan fingerprint density at radius 1 is 1.41 bits per heavy atom. The second-order valence-corrected chi connectivity index (χ2v) is 5.67. The van der Waals surface area contributed by atoms with Crippen molar-refractivity contribution < 1.29 is 4.39 Å². The van der Waals surface area contributed by atoms with Crippen LogP contribution in [0.5, 0.6) is 0 Å². The summed E-state index contributed by atoms with van der Waals surface area (Å²) in [6.07, 6.45) is 2.59. The summed E-state index contributed by atoms with van der Waals surface area (Å²) in [5.41, 5.74) is 1.73. The molecular weight excluding hydrogens is 281 g/mol. The number of hydrogen-bond donors (Lipinski definition) is 0. The van der Waals surface area contributed by atoms with Gasteiger partial charge in [-0.25, -0.2) is 4.39 Å². The lowest BCUT2D eigenvalue weighted by Crippen LogP contribution is -2.33. The van der Waals surface area contributed by atoms with Gasteiger partial charge in [0.2, 0.25) is 0 Å².